The molecule has 0 aliphatic carbocycles. The zero-order valence-electron chi connectivity index (χ0n) is 13.5. The van der Waals surface area contributed by atoms with Crippen molar-refractivity contribution in [2.45, 2.75) is 37.5 Å². The lowest BCUT2D eigenvalue weighted by atomic mass is 10.1. The lowest BCUT2D eigenvalue weighted by molar-refractivity contribution is 0.0951. The highest BCUT2D eigenvalue weighted by atomic mass is 32.2. The van der Waals surface area contributed by atoms with Gasteiger partial charge >= 0.3 is 0 Å². The molecule has 1 N–H and O–H groups in total. The first-order valence-electron chi connectivity index (χ1n) is 7.48. The lowest BCUT2D eigenvalue weighted by Gasteiger charge is -2.09. The maximum absolute atomic E-state index is 12.1. The zero-order valence-corrected chi connectivity index (χ0v) is 14.4. The van der Waals surface area contributed by atoms with Crippen LogP contribution in [0.5, 0.6) is 0 Å². The summed E-state index contributed by atoms with van der Waals surface area (Å²) in [6.45, 7) is 5.72. The minimum atomic E-state index is -3.31. The molecule has 0 unspecified atom stereocenters. The molecule has 0 radical (unpaired) electrons. The van der Waals surface area contributed by atoms with E-state index in [0.29, 0.717) is 12.1 Å². The molecule has 0 saturated heterocycles. The summed E-state index contributed by atoms with van der Waals surface area (Å²) in [4.78, 5) is 12.4. The summed E-state index contributed by atoms with van der Waals surface area (Å²) in [7, 11) is -3.31. The van der Waals surface area contributed by atoms with Gasteiger partial charge in [0.1, 0.15) is 0 Å². The highest BCUT2D eigenvalue weighted by Gasteiger charge is 2.19. The van der Waals surface area contributed by atoms with Gasteiger partial charge in [0, 0.05) is 12.1 Å². The van der Waals surface area contributed by atoms with Gasteiger partial charge in [0.15, 0.2) is 9.84 Å². The second kappa shape index (κ2) is 6.96. The predicted octanol–water partition coefficient (Wildman–Crippen LogP) is 3.11. The van der Waals surface area contributed by atoms with Crippen LogP contribution in [0.4, 0.5) is 0 Å². The molecule has 0 spiro atoms. The molecule has 0 atom stereocenters. The molecule has 4 nitrogen and oxygen atoms in total. The number of nitrogens with one attached hydrogen (secondary N) is 1. The fraction of sp³-hybridized carbons (Fsp3) is 0.278. The molecule has 2 aromatic rings. The van der Waals surface area contributed by atoms with Crippen LogP contribution in [0.1, 0.15) is 35.3 Å². The lowest BCUT2D eigenvalue weighted by Crippen LogP contribution is -2.23. The van der Waals surface area contributed by atoms with Crippen LogP contribution in [0.25, 0.3) is 0 Å². The molecule has 0 aromatic heterocycles. The first-order valence-corrected chi connectivity index (χ1v) is 9.03. The summed E-state index contributed by atoms with van der Waals surface area (Å²) in [6, 6.07) is 14.0. The molecule has 0 aliphatic rings. The maximum Gasteiger partial charge on any atom is 0.251 e. The molecule has 0 saturated carbocycles. The Kier molecular flexibility index (Phi) is 5.21. The fourth-order valence-electron chi connectivity index (χ4n) is 2.06. The van der Waals surface area contributed by atoms with Crippen LogP contribution >= 0.6 is 0 Å². The first kappa shape index (κ1) is 17.2. The number of hydrogen-bond donors (Lipinski definition) is 1. The van der Waals surface area contributed by atoms with Crippen LogP contribution in [0.15, 0.2) is 53.4 Å². The van der Waals surface area contributed by atoms with E-state index in [2.05, 4.69) is 5.32 Å². The fourth-order valence-corrected chi connectivity index (χ4v) is 3.12. The van der Waals surface area contributed by atoms with Crippen LogP contribution in [-0.4, -0.2) is 19.6 Å². The van der Waals surface area contributed by atoms with Crippen LogP contribution in [0.3, 0.4) is 0 Å². The summed E-state index contributed by atoms with van der Waals surface area (Å²) in [5, 5.41) is 2.34. The summed E-state index contributed by atoms with van der Waals surface area (Å²) in [6.07, 6.45) is 0. The van der Waals surface area contributed by atoms with Crippen molar-refractivity contribution in [3.8, 4) is 0 Å². The average Bonchev–Trinajstić information content (AvgIpc) is 2.54. The van der Waals surface area contributed by atoms with Crippen molar-refractivity contribution in [2.24, 2.45) is 0 Å². The summed E-state index contributed by atoms with van der Waals surface area (Å²) >= 11 is 0. The standard InChI is InChI=1S/C18H21NO3S/c1-13(2)23(21,22)17-10-8-16(9-11-17)18(20)19-12-15-6-4-14(3)5-7-15/h4-11,13H,12H2,1-3H3,(H,19,20). The van der Waals surface area contributed by atoms with Gasteiger partial charge < -0.3 is 5.32 Å². The monoisotopic (exact) mass is 331 g/mol. The van der Waals surface area contributed by atoms with Gasteiger partial charge in [0.05, 0.1) is 10.1 Å². The Morgan fingerprint density at radius 1 is 1.00 bits per heavy atom. The molecular weight excluding hydrogens is 310 g/mol. The van der Waals surface area contributed by atoms with Crippen molar-refractivity contribution in [1.29, 1.82) is 0 Å². The normalized spacial score (nSPS) is 11.5. The van der Waals surface area contributed by atoms with Crippen molar-refractivity contribution in [2.75, 3.05) is 0 Å². The molecule has 122 valence electrons. The minimum Gasteiger partial charge on any atom is -0.348 e. The number of hydrogen-bond acceptors (Lipinski definition) is 3. The number of sulfone groups is 1. The third kappa shape index (κ3) is 4.20. The van der Waals surface area contributed by atoms with E-state index in [9.17, 15) is 13.2 Å². The predicted molar refractivity (Wildman–Crippen MR) is 91.1 cm³/mol. The van der Waals surface area contributed by atoms with E-state index in [-0.39, 0.29) is 10.8 Å². The number of amides is 1. The molecule has 5 heteroatoms. The first-order chi connectivity index (χ1) is 10.8. The smallest absolute Gasteiger partial charge is 0.251 e. The van der Waals surface area contributed by atoms with Crippen molar-refractivity contribution in [3.05, 3.63) is 65.2 Å². The van der Waals surface area contributed by atoms with Crippen LogP contribution in [0.2, 0.25) is 0 Å². The number of rotatable bonds is 5. The van der Waals surface area contributed by atoms with Gasteiger partial charge in [-0.3, -0.25) is 4.79 Å². The molecule has 0 aliphatic heterocycles. The van der Waals surface area contributed by atoms with E-state index < -0.39 is 15.1 Å². The highest BCUT2D eigenvalue weighted by Crippen LogP contribution is 2.16. The maximum atomic E-state index is 12.1. The Morgan fingerprint density at radius 3 is 2.09 bits per heavy atom. The molecular formula is C18H21NO3S. The van der Waals surface area contributed by atoms with Gasteiger partial charge in [-0.2, -0.15) is 0 Å². The van der Waals surface area contributed by atoms with Gasteiger partial charge in [-0.25, -0.2) is 8.42 Å². The van der Waals surface area contributed by atoms with Crippen molar-refractivity contribution >= 4 is 15.7 Å². The second-order valence-corrected chi connectivity index (χ2v) is 8.29. The molecule has 0 bridgehead atoms. The molecule has 23 heavy (non-hydrogen) atoms. The third-order valence-corrected chi connectivity index (χ3v) is 5.81. The van der Waals surface area contributed by atoms with E-state index in [4.69, 9.17) is 0 Å². The Morgan fingerprint density at radius 2 is 1.57 bits per heavy atom. The van der Waals surface area contributed by atoms with Crippen molar-refractivity contribution in [3.63, 3.8) is 0 Å². The highest BCUT2D eigenvalue weighted by molar-refractivity contribution is 7.92. The Labute approximate surface area is 137 Å². The quantitative estimate of drug-likeness (QED) is 0.915. The van der Waals surface area contributed by atoms with Gasteiger partial charge in [-0.05, 0) is 50.6 Å². The summed E-state index contributed by atoms with van der Waals surface area (Å²) in [5.41, 5.74) is 2.63. The van der Waals surface area contributed by atoms with E-state index in [1.165, 1.54) is 17.7 Å². The molecule has 0 fully saturated rings. The topological polar surface area (TPSA) is 63.2 Å². The minimum absolute atomic E-state index is 0.223. The molecule has 2 aromatic carbocycles. The van der Waals surface area contributed by atoms with Crippen LogP contribution < -0.4 is 5.32 Å². The van der Waals surface area contributed by atoms with E-state index >= 15 is 0 Å². The largest absolute Gasteiger partial charge is 0.348 e. The number of carbonyl (C=O) groups is 1. The Hall–Kier alpha value is -2.14. The third-order valence-electron chi connectivity index (χ3n) is 3.64. The Balaban J connectivity index is 2.04. The molecule has 1 amide bonds. The second-order valence-electron chi connectivity index (χ2n) is 5.79. The van der Waals surface area contributed by atoms with Crippen LogP contribution in [0, 0.1) is 6.92 Å². The summed E-state index contributed by atoms with van der Waals surface area (Å²) < 4.78 is 24.1. The number of carbonyl (C=O) groups excluding carboxylic acids is 1. The number of benzene rings is 2. The Bertz CT molecular complexity index is 776. The van der Waals surface area contributed by atoms with Gasteiger partial charge in [0.2, 0.25) is 0 Å². The van der Waals surface area contributed by atoms with Crippen molar-refractivity contribution < 1.29 is 13.2 Å². The SMILES string of the molecule is Cc1ccc(CNC(=O)c2ccc(S(=O)(=O)C(C)C)cc2)cc1. The summed E-state index contributed by atoms with van der Waals surface area (Å²) in [5.74, 6) is -0.223. The van der Waals surface area contributed by atoms with E-state index in [1.54, 1.807) is 26.0 Å². The molecule has 0 heterocycles. The van der Waals surface area contributed by atoms with Gasteiger partial charge in [-0.1, -0.05) is 29.8 Å². The van der Waals surface area contributed by atoms with E-state index in [0.717, 1.165) is 5.56 Å². The van der Waals surface area contributed by atoms with Gasteiger partial charge in [-0.15, -0.1) is 0 Å². The average molecular weight is 331 g/mol. The van der Waals surface area contributed by atoms with Gasteiger partial charge in [0.25, 0.3) is 5.91 Å². The van der Waals surface area contributed by atoms with Crippen molar-refractivity contribution in [1.82, 2.24) is 5.32 Å². The molecule has 2 rings (SSSR count). The van der Waals surface area contributed by atoms with Crippen LogP contribution in [-0.2, 0) is 16.4 Å². The van der Waals surface area contributed by atoms with E-state index in [1.807, 2.05) is 31.2 Å². The number of aryl methyl sites for hydroxylation is 1. The zero-order chi connectivity index (χ0) is 17.0.